The quantitative estimate of drug-likeness (QED) is 0.180. The second kappa shape index (κ2) is 11.2. The lowest BCUT2D eigenvalue weighted by Gasteiger charge is -2.13. The molecule has 8 aromatic carbocycles. The summed E-state index contributed by atoms with van der Waals surface area (Å²) in [5.41, 5.74) is 5.26. The molecule has 0 aliphatic carbocycles. The Morgan fingerprint density at radius 2 is 0.918 bits per heavy atom. The number of thiophene rings is 1. The number of aromatic nitrogens is 3. The number of benzene rings is 8. The number of fused-ring (bicyclic) bond motifs is 8. The molecule has 10 rings (SSSR count). The molecule has 0 saturated carbocycles. The maximum atomic E-state index is 5.26. The number of hydrogen-bond acceptors (Lipinski definition) is 4. The highest BCUT2D eigenvalue weighted by Crippen LogP contribution is 2.45. The molecule has 3 nitrogen and oxygen atoms in total. The molecule has 10 aromatic rings. The molecular formula is C45H27N3S. The molecule has 0 aliphatic heterocycles. The highest BCUT2D eigenvalue weighted by Gasteiger charge is 2.20. The van der Waals surface area contributed by atoms with E-state index in [9.17, 15) is 0 Å². The standard InChI is InChI=1S/C45H27N3S/c1-2-10-28(11-3-1)30-18-22-32(23-19-30)43-46-44(35-25-20-29-12-4-5-14-33(29)26-35)48-45(47-43)38-27-34-24-21-31-13-6-7-15-36(31)40(34)42-41(38)37-16-8-9-17-39(37)49-42/h1-27H. The van der Waals surface area contributed by atoms with E-state index in [2.05, 4.69) is 158 Å². The lowest BCUT2D eigenvalue weighted by atomic mass is 9.96. The fourth-order valence-corrected chi connectivity index (χ4v) is 8.38. The maximum absolute atomic E-state index is 5.26. The van der Waals surface area contributed by atoms with E-state index in [1.165, 1.54) is 52.7 Å². The molecule has 0 fully saturated rings. The summed E-state index contributed by atoms with van der Waals surface area (Å²) >= 11 is 1.85. The fraction of sp³-hybridized carbons (Fsp3) is 0. The van der Waals surface area contributed by atoms with Gasteiger partial charge in [-0.2, -0.15) is 0 Å². The van der Waals surface area contributed by atoms with Gasteiger partial charge in [-0.3, -0.25) is 0 Å². The zero-order valence-corrected chi connectivity index (χ0v) is 27.2. The topological polar surface area (TPSA) is 38.7 Å². The predicted octanol–water partition coefficient (Wildman–Crippen LogP) is 12.4. The third-order valence-electron chi connectivity index (χ3n) is 9.49. The second-order valence-corrected chi connectivity index (χ2v) is 13.5. The van der Waals surface area contributed by atoms with Crippen LogP contribution in [0.5, 0.6) is 0 Å². The summed E-state index contributed by atoms with van der Waals surface area (Å²) in [5, 5.41) is 9.69. The number of rotatable bonds is 4. The van der Waals surface area contributed by atoms with E-state index in [4.69, 9.17) is 15.0 Å². The van der Waals surface area contributed by atoms with Crippen molar-refractivity contribution in [1.29, 1.82) is 0 Å². The van der Waals surface area contributed by atoms with Crippen molar-refractivity contribution in [2.75, 3.05) is 0 Å². The zero-order chi connectivity index (χ0) is 32.3. The van der Waals surface area contributed by atoms with E-state index in [0.717, 1.165) is 27.6 Å². The van der Waals surface area contributed by atoms with Crippen LogP contribution >= 0.6 is 11.3 Å². The molecule has 0 bridgehead atoms. The fourth-order valence-electron chi connectivity index (χ4n) is 7.08. The van der Waals surface area contributed by atoms with Crippen molar-refractivity contribution in [3.63, 3.8) is 0 Å². The van der Waals surface area contributed by atoms with Crippen molar-refractivity contribution >= 4 is 63.8 Å². The van der Waals surface area contributed by atoms with Crippen molar-refractivity contribution in [3.8, 4) is 45.3 Å². The average molecular weight is 642 g/mol. The lowest BCUT2D eigenvalue weighted by molar-refractivity contribution is 1.08. The first-order chi connectivity index (χ1) is 24.3. The molecule has 0 spiro atoms. The van der Waals surface area contributed by atoms with Gasteiger partial charge in [-0.25, -0.2) is 15.0 Å². The van der Waals surface area contributed by atoms with Crippen molar-refractivity contribution in [1.82, 2.24) is 15.0 Å². The molecule has 0 radical (unpaired) electrons. The molecule has 2 aromatic heterocycles. The van der Waals surface area contributed by atoms with E-state index in [1.54, 1.807) is 0 Å². The Hall–Kier alpha value is -6.23. The van der Waals surface area contributed by atoms with Gasteiger partial charge < -0.3 is 0 Å². The molecule has 0 amide bonds. The molecule has 0 atom stereocenters. The van der Waals surface area contributed by atoms with E-state index in [1.807, 2.05) is 17.4 Å². The molecule has 0 unspecified atom stereocenters. The summed E-state index contributed by atoms with van der Waals surface area (Å²) in [6, 6.07) is 57.9. The molecule has 2 heterocycles. The van der Waals surface area contributed by atoms with Crippen LogP contribution in [0.1, 0.15) is 0 Å². The Labute approximate surface area is 286 Å². The van der Waals surface area contributed by atoms with E-state index >= 15 is 0 Å². The largest absolute Gasteiger partial charge is 0.208 e. The van der Waals surface area contributed by atoms with Gasteiger partial charge in [0.2, 0.25) is 0 Å². The molecule has 0 aliphatic rings. The Bertz CT molecular complexity index is 2870. The van der Waals surface area contributed by atoms with Gasteiger partial charge in [-0.1, -0.05) is 146 Å². The maximum Gasteiger partial charge on any atom is 0.164 e. The Morgan fingerprint density at radius 1 is 0.347 bits per heavy atom. The zero-order valence-electron chi connectivity index (χ0n) is 26.3. The van der Waals surface area contributed by atoms with Gasteiger partial charge >= 0.3 is 0 Å². The van der Waals surface area contributed by atoms with Gasteiger partial charge in [0.15, 0.2) is 17.5 Å². The van der Waals surface area contributed by atoms with E-state index < -0.39 is 0 Å². The van der Waals surface area contributed by atoms with Crippen molar-refractivity contribution in [2.45, 2.75) is 0 Å². The monoisotopic (exact) mass is 641 g/mol. The Kier molecular flexibility index (Phi) is 6.36. The van der Waals surface area contributed by atoms with Gasteiger partial charge in [0.25, 0.3) is 0 Å². The summed E-state index contributed by atoms with van der Waals surface area (Å²) in [6.07, 6.45) is 0. The first-order valence-electron chi connectivity index (χ1n) is 16.4. The van der Waals surface area contributed by atoms with Crippen molar-refractivity contribution in [3.05, 3.63) is 164 Å². The van der Waals surface area contributed by atoms with Crippen molar-refractivity contribution < 1.29 is 0 Å². The molecule has 49 heavy (non-hydrogen) atoms. The highest BCUT2D eigenvalue weighted by molar-refractivity contribution is 7.27. The van der Waals surface area contributed by atoms with Crippen LogP contribution in [0.2, 0.25) is 0 Å². The average Bonchev–Trinajstić information content (AvgIpc) is 3.57. The molecule has 0 saturated heterocycles. The lowest BCUT2D eigenvalue weighted by Crippen LogP contribution is -2.00. The third-order valence-corrected chi connectivity index (χ3v) is 10.7. The predicted molar refractivity (Wildman–Crippen MR) is 207 cm³/mol. The number of hydrogen-bond donors (Lipinski definition) is 0. The van der Waals surface area contributed by atoms with Crippen LogP contribution in [0.3, 0.4) is 0 Å². The molecule has 228 valence electrons. The van der Waals surface area contributed by atoms with Crippen LogP contribution in [0.15, 0.2) is 164 Å². The first-order valence-corrected chi connectivity index (χ1v) is 17.3. The van der Waals surface area contributed by atoms with Crippen LogP contribution in [0, 0.1) is 0 Å². The van der Waals surface area contributed by atoms with Gasteiger partial charge in [-0.05, 0) is 56.3 Å². The van der Waals surface area contributed by atoms with E-state index in [-0.39, 0.29) is 0 Å². The normalized spacial score (nSPS) is 11.7. The molecule has 0 N–H and O–H groups in total. The van der Waals surface area contributed by atoms with E-state index in [0.29, 0.717) is 17.5 Å². The van der Waals surface area contributed by atoms with Crippen LogP contribution in [0.25, 0.3) is 97.8 Å². The SMILES string of the molecule is c1ccc(-c2ccc(-c3nc(-c4ccc5ccccc5c4)nc(-c4cc5ccc6ccccc6c5c5sc6ccccc6c45)n3)cc2)cc1. The van der Waals surface area contributed by atoms with Crippen molar-refractivity contribution in [2.24, 2.45) is 0 Å². The van der Waals surface area contributed by atoms with Gasteiger partial charge in [-0.15, -0.1) is 11.3 Å². The summed E-state index contributed by atoms with van der Waals surface area (Å²) < 4.78 is 2.51. The molecule has 4 heteroatoms. The minimum atomic E-state index is 0.652. The summed E-state index contributed by atoms with van der Waals surface area (Å²) in [5.74, 6) is 1.98. The smallest absolute Gasteiger partial charge is 0.164 e. The summed E-state index contributed by atoms with van der Waals surface area (Å²) in [4.78, 5) is 15.6. The number of nitrogens with zero attached hydrogens (tertiary/aromatic N) is 3. The highest BCUT2D eigenvalue weighted by atomic mass is 32.1. The minimum Gasteiger partial charge on any atom is -0.208 e. The third kappa shape index (κ3) is 4.68. The van der Waals surface area contributed by atoms with Gasteiger partial charge in [0, 0.05) is 42.2 Å². The van der Waals surface area contributed by atoms with Gasteiger partial charge in [0.05, 0.1) is 0 Å². The second-order valence-electron chi connectivity index (χ2n) is 12.4. The van der Waals surface area contributed by atoms with Crippen LogP contribution in [0.4, 0.5) is 0 Å². The van der Waals surface area contributed by atoms with Crippen LogP contribution in [-0.2, 0) is 0 Å². The molecular weight excluding hydrogens is 615 g/mol. The Morgan fingerprint density at radius 3 is 1.76 bits per heavy atom. The van der Waals surface area contributed by atoms with Crippen LogP contribution < -0.4 is 0 Å². The minimum absolute atomic E-state index is 0.652. The Balaban J connectivity index is 1.25. The summed E-state index contributed by atoms with van der Waals surface area (Å²) in [7, 11) is 0. The van der Waals surface area contributed by atoms with Crippen LogP contribution in [-0.4, -0.2) is 15.0 Å². The van der Waals surface area contributed by atoms with Gasteiger partial charge in [0.1, 0.15) is 0 Å². The first kappa shape index (κ1) is 27.8. The summed E-state index contributed by atoms with van der Waals surface area (Å²) in [6.45, 7) is 0.